The summed E-state index contributed by atoms with van der Waals surface area (Å²) in [7, 11) is 1.58. The third-order valence-corrected chi connectivity index (χ3v) is 4.06. The highest BCUT2D eigenvalue weighted by molar-refractivity contribution is 5.78. The zero-order valence-corrected chi connectivity index (χ0v) is 12.8. The molecule has 0 spiro atoms. The van der Waals surface area contributed by atoms with Crippen LogP contribution in [0.25, 0.3) is 0 Å². The van der Waals surface area contributed by atoms with E-state index in [0.29, 0.717) is 24.0 Å². The topological polar surface area (TPSA) is 59.0 Å². The molecule has 116 valence electrons. The fraction of sp³-hybridized carbons (Fsp3) is 0.562. The second-order valence-corrected chi connectivity index (χ2v) is 5.55. The van der Waals surface area contributed by atoms with Crippen molar-refractivity contribution < 1.29 is 19.4 Å². The predicted molar refractivity (Wildman–Crippen MR) is 79.6 cm³/mol. The normalized spacial score (nSPS) is 21.4. The van der Waals surface area contributed by atoms with Crippen LogP contribution in [0.1, 0.15) is 18.9 Å². The molecule has 0 radical (unpaired) electrons. The number of ether oxygens (including phenoxy) is 2. The number of aryl methyl sites for hydroxylation is 1. The molecule has 1 aromatic rings. The fourth-order valence-electron chi connectivity index (χ4n) is 2.71. The Bertz CT molecular complexity index is 503. The number of carbonyl (C=O) groups excluding carboxylic acids is 1. The van der Waals surface area contributed by atoms with E-state index in [9.17, 15) is 9.90 Å². The van der Waals surface area contributed by atoms with Crippen molar-refractivity contribution in [3.8, 4) is 11.5 Å². The van der Waals surface area contributed by atoms with Gasteiger partial charge in [0, 0.05) is 6.54 Å². The lowest BCUT2D eigenvalue weighted by Gasteiger charge is -2.25. The van der Waals surface area contributed by atoms with Crippen LogP contribution in [-0.4, -0.2) is 48.8 Å². The summed E-state index contributed by atoms with van der Waals surface area (Å²) in [4.78, 5) is 14.0. The van der Waals surface area contributed by atoms with Gasteiger partial charge in [-0.1, -0.05) is 13.0 Å². The average molecular weight is 293 g/mol. The summed E-state index contributed by atoms with van der Waals surface area (Å²) in [6.07, 6.45) is 0.921. The fourth-order valence-corrected chi connectivity index (χ4v) is 2.71. The predicted octanol–water partition coefficient (Wildman–Crippen LogP) is 1.61. The molecule has 0 aliphatic carbocycles. The van der Waals surface area contributed by atoms with Crippen LogP contribution in [0.15, 0.2) is 18.2 Å². The maximum absolute atomic E-state index is 12.2. The van der Waals surface area contributed by atoms with E-state index < -0.39 is 0 Å². The van der Waals surface area contributed by atoms with E-state index in [-0.39, 0.29) is 25.2 Å². The van der Waals surface area contributed by atoms with Gasteiger partial charge in [-0.3, -0.25) is 4.79 Å². The van der Waals surface area contributed by atoms with E-state index in [1.54, 1.807) is 18.1 Å². The summed E-state index contributed by atoms with van der Waals surface area (Å²) in [6, 6.07) is 5.49. The maximum Gasteiger partial charge on any atom is 0.260 e. The Kier molecular flexibility index (Phi) is 5.07. The molecule has 0 aromatic heterocycles. The van der Waals surface area contributed by atoms with Crippen molar-refractivity contribution in [1.82, 2.24) is 4.90 Å². The third-order valence-electron chi connectivity index (χ3n) is 4.06. The first-order valence-corrected chi connectivity index (χ1v) is 7.24. The molecule has 0 bridgehead atoms. The van der Waals surface area contributed by atoms with E-state index in [1.807, 2.05) is 19.1 Å². The van der Waals surface area contributed by atoms with Crippen molar-refractivity contribution in [3.63, 3.8) is 0 Å². The molecule has 5 nitrogen and oxygen atoms in total. The van der Waals surface area contributed by atoms with Crippen molar-refractivity contribution in [2.24, 2.45) is 5.92 Å². The number of aliphatic hydroxyl groups excluding tert-OH is 1. The molecule has 2 atom stereocenters. The second kappa shape index (κ2) is 6.80. The Morgan fingerprint density at radius 1 is 1.43 bits per heavy atom. The Balaban J connectivity index is 1.98. The first-order chi connectivity index (χ1) is 10.1. The van der Waals surface area contributed by atoms with E-state index in [4.69, 9.17) is 9.47 Å². The zero-order valence-electron chi connectivity index (χ0n) is 12.8. The molecule has 1 heterocycles. The van der Waals surface area contributed by atoms with Crippen LogP contribution >= 0.6 is 0 Å². The van der Waals surface area contributed by atoms with Gasteiger partial charge in [-0.2, -0.15) is 0 Å². The molecule has 1 aromatic carbocycles. The lowest BCUT2D eigenvalue weighted by Crippen LogP contribution is -2.42. The van der Waals surface area contributed by atoms with Crippen LogP contribution in [0.5, 0.6) is 11.5 Å². The summed E-state index contributed by atoms with van der Waals surface area (Å²) < 4.78 is 10.8. The Hall–Kier alpha value is -1.75. The van der Waals surface area contributed by atoms with Gasteiger partial charge >= 0.3 is 0 Å². The molecule has 1 saturated heterocycles. The quantitative estimate of drug-likeness (QED) is 0.896. The van der Waals surface area contributed by atoms with Crippen LogP contribution in [-0.2, 0) is 4.79 Å². The van der Waals surface area contributed by atoms with Crippen LogP contribution in [0.2, 0.25) is 0 Å². The molecular weight excluding hydrogens is 270 g/mol. The van der Waals surface area contributed by atoms with Gasteiger partial charge in [-0.25, -0.2) is 0 Å². The first-order valence-electron chi connectivity index (χ1n) is 7.24. The van der Waals surface area contributed by atoms with Gasteiger partial charge in [0.2, 0.25) is 0 Å². The molecule has 1 fully saturated rings. The molecule has 1 aliphatic rings. The standard InChI is InChI=1S/C16H23NO4/c1-11-4-5-14(15(8-11)20-3)21-10-16(19)17-7-6-12(2)13(17)9-18/h4-5,8,12-13,18H,6-7,9-10H2,1-3H3. The SMILES string of the molecule is COc1cc(C)ccc1OCC(=O)N1CCC(C)C1CO. The minimum Gasteiger partial charge on any atom is -0.493 e. The number of nitrogens with zero attached hydrogens (tertiary/aromatic N) is 1. The van der Waals surface area contributed by atoms with Crippen LogP contribution in [0, 0.1) is 12.8 Å². The number of methoxy groups -OCH3 is 1. The molecular formula is C16H23NO4. The van der Waals surface area contributed by atoms with Crippen LogP contribution < -0.4 is 9.47 Å². The van der Waals surface area contributed by atoms with Gasteiger partial charge in [-0.15, -0.1) is 0 Å². The highest BCUT2D eigenvalue weighted by Crippen LogP contribution is 2.28. The average Bonchev–Trinajstić information content (AvgIpc) is 2.86. The lowest BCUT2D eigenvalue weighted by atomic mass is 10.0. The molecule has 1 amide bonds. The van der Waals surface area contributed by atoms with E-state index in [0.717, 1.165) is 12.0 Å². The van der Waals surface area contributed by atoms with Crippen molar-refractivity contribution in [1.29, 1.82) is 0 Å². The van der Waals surface area contributed by atoms with Gasteiger partial charge in [-0.05, 0) is 37.0 Å². The van der Waals surface area contributed by atoms with Gasteiger partial charge in [0.1, 0.15) is 0 Å². The summed E-state index contributed by atoms with van der Waals surface area (Å²) in [5.74, 6) is 1.41. The summed E-state index contributed by atoms with van der Waals surface area (Å²) >= 11 is 0. The monoisotopic (exact) mass is 293 g/mol. The molecule has 1 aliphatic heterocycles. The molecule has 5 heteroatoms. The van der Waals surface area contributed by atoms with E-state index in [1.165, 1.54) is 0 Å². The summed E-state index contributed by atoms with van der Waals surface area (Å²) in [5, 5.41) is 9.40. The zero-order chi connectivity index (χ0) is 15.4. The minimum absolute atomic E-state index is 0.000753. The van der Waals surface area contributed by atoms with Crippen molar-refractivity contribution in [3.05, 3.63) is 23.8 Å². The summed E-state index contributed by atoms with van der Waals surface area (Å²) in [6.45, 7) is 4.66. The number of aliphatic hydroxyl groups is 1. The Morgan fingerprint density at radius 3 is 2.86 bits per heavy atom. The van der Waals surface area contributed by atoms with Gasteiger partial charge in [0.05, 0.1) is 19.8 Å². The van der Waals surface area contributed by atoms with Crippen LogP contribution in [0.4, 0.5) is 0 Å². The third kappa shape index (κ3) is 3.47. The smallest absolute Gasteiger partial charge is 0.260 e. The number of carbonyl (C=O) groups is 1. The van der Waals surface area contributed by atoms with Gasteiger partial charge < -0.3 is 19.5 Å². The number of hydrogen-bond donors (Lipinski definition) is 1. The molecule has 2 unspecified atom stereocenters. The molecule has 0 saturated carbocycles. The van der Waals surface area contributed by atoms with Crippen molar-refractivity contribution >= 4 is 5.91 Å². The van der Waals surface area contributed by atoms with Gasteiger partial charge in [0.15, 0.2) is 18.1 Å². The Labute approximate surface area is 125 Å². The van der Waals surface area contributed by atoms with Crippen molar-refractivity contribution in [2.45, 2.75) is 26.3 Å². The number of benzene rings is 1. The van der Waals surface area contributed by atoms with Crippen LogP contribution in [0.3, 0.4) is 0 Å². The largest absolute Gasteiger partial charge is 0.493 e. The maximum atomic E-state index is 12.2. The number of likely N-dealkylation sites (tertiary alicyclic amines) is 1. The molecule has 21 heavy (non-hydrogen) atoms. The molecule has 2 rings (SSSR count). The number of hydrogen-bond acceptors (Lipinski definition) is 4. The number of amides is 1. The minimum atomic E-state index is -0.0963. The number of rotatable bonds is 5. The second-order valence-electron chi connectivity index (χ2n) is 5.55. The Morgan fingerprint density at radius 2 is 2.19 bits per heavy atom. The summed E-state index contributed by atoms with van der Waals surface area (Å²) in [5.41, 5.74) is 1.07. The highest BCUT2D eigenvalue weighted by atomic mass is 16.5. The van der Waals surface area contributed by atoms with Gasteiger partial charge in [0.25, 0.3) is 5.91 Å². The first kappa shape index (κ1) is 15.6. The van der Waals surface area contributed by atoms with Crippen molar-refractivity contribution in [2.75, 3.05) is 26.9 Å². The highest BCUT2D eigenvalue weighted by Gasteiger charge is 2.33. The van der Waals surface area contributed by atoms with E-state index in [2.05, 4.69) is 6.92 Å². The van der Waals surface area contributed by atoms with E-state index >= 15 is 0 Å². The molecule has 1 N–H and O–H groups in total. The lowest BCUT2D eigenvalue weighted by molar-refractivity contribution is -0.135.